The molecule has 2 aliphatic carbocycles. The van der Waals surface area contributed by atoms with Crippen molar-refractivity contribution in [3.63, 3.8) is 0 Å². The zero-order valence-electron chi connectivity index (χ0n) is 10.5. The van der Waals surface area contributed by atoms with Gasteiger partial charge in [0.1, 0.15) is 4.71 Å². The first-order valence-corrected chi connectivity index (χ1v) is 9.07. The summed E-state index contributed by atoms with van der Waals surface area (Å²) in [6.45, 7) is 0. The zero-order chi connectivity index (χ0) is 11.5. The molecule has 0 aromatic rings. The van der Waals surface area contributed by atoms with Gasteiger partial charge >= 0.3 is 0 Å². The van der Waals surface area contributed by atoms with Crippen LogP contribution in [0.15, 0.2) is 0 Å². The van der Waals surface area contributed by atoms with Crippen molar-refractivity contribution in [2.24, 2.45) is 0 Å². The number of fused-ring (bicyclic) bond motifs is 1. The Morgan fingerprint density at radius 3 is 2.53 bits per heavy atom. The number of hydrogen-bond donors (Lipinski definition) is 2. The van der Waals surface area contributed by atoms with Gasteiger partial charge in [-0.25, -0.2) is 0 Å². The second-order valence-electron chi connectivity index (χ2n) is 5.63. The van der Waals surface area contributed by atoms with E-state index in [0.29, 0.717) is 4.71 Å². The Balaban J connectivity index is 1.40. The first-order valence-electron chi connectivity index (χ1n) is 7.24. The van der Waals surface area contributed by atoms with Crippen molar-refractivity contribution in [2.75, 3.05) is 0 Å². The highest BCUT2D eigenvalue weighted by Crippen LogP contribution is 2.40. The molecule has 3 rings (SSSR count). The fraction of sp³-hybridized carbons (Fsp3) is 1.00. The molecule has 0 amide bonds. The number of thioether (sulfide) groups is 1. The maximum atomic E-state index is 3.80. The normalized spacial score (nSPS) is 39.2. The van der Waals surface area contributed by atoms with Crippen LogP contribution >= 0.6 is 23.7 Å². The summed E-state index contributed by atoms with van der Waals surface area (Å²) in [7, 11) is 0. The van der Waals surface area contributed by atoms with E-state index in [4.69, 9.17) is 0 Å². The minimum Gasteiger partial charge on any atom is -0.292 e. The Kier molecular flexibility index (Phi) is 4.59. The molecule has 0 aromatic carbocycles. The van der Waals surface area contributed by atoms with Gasteiger partial charge in [0.2, 0.25) is 0 Å². The van der Waals surface area contributed by atoms with E-state index in [9.17, 15) is 0 Å². The van der Waals surface area contributed by atoms with Gasteiger partial charge in [0.05, 0.1) is 0 Å². The molecule has 0 aromatic heterocycles. The summed E-state index contributed by atoms with van der Waals surface area (Å²) >= 11 is 4.13. The Morgan fingerprint density at radius 2 is 1.71 bits per heavy atom. The average Bonchev–Trinajstić information content (AvgIpc) is 2.80. The molecule has 2 saturated carbocycles. The van der Waals surface area contributed by atoms with Crippen LogP contribution in [-0.4, -0.2) is 22.0 Å². The lowest BCUT2D eigenvalue weighted by Crippen LogP contribution is -2.36. The van der Waals surface area contributed by atoms with Crippen LogP contribution in [0.2, 0.25) is 0 Å². The van der Waals surface area contributed by atoms with Crippen LogP contribution in [0.25, 0.3) is 0 Å². The summed E-state index contributed by atoms with van der Waals surface area (Å²) in [5.74, 6) is 0. The largest absolute Gasteiger partial charge is 0.292 e. The minimum atomic E-state index is 0.602. The molecule has 0 spiro atoms. The Labute approximate surface area is 114 Å². The number of rotatable bonds is 3. The van der Waals surface area contributed by atoms with Crippen LogP contribution in [0.4, 0.5) is 0 Å². The Morgan fingerprint density at radius 1 is 0.941 bits per heavy atom. The molecule has 3 fully saturated rings. The quantitative estimate of drug-likeness (QED) is 0.768. The molecule has 0 radical (unpaired) electrons. The molecule has 3 unspecified atom stereocenters. The standard InChI is InChI=1S/C13H24N2S2/c1-2-6-10(7-3-1)15-17-13-14-11-8-4-5-9-12(11)16-13/h10-15H,1-9H2. The molecular formula is C13H24N2S2. The molecular weight excluding hydrogens is 248 g/mol. The Hall–Kier alpha value is 0.620. The highest BCUT2D eigenvalue weighted by molar-refractivity contribution is 8.16. The van der Waals surface area contributed by atoms with Gasteiger partial charge in [0, 0.05) is 17.3 Å². The van der Waals surface area contributed by atoms with Crippen LogP contribution in [0.5, 0.6) is 0 Å². The molecule has 98 valence electrons. The molecule has 2 N–H and O–H groups in total. The number of nitrogens with one attached hydrogen (secondary N) is 2. The molecule has 3 aliphatic rings. The summed E-state index contributed by atoms with van der Waals surface area (Å²) in [5, 5.41) is 4.69. The fourth-order valence-corrected chi connectivity index (χ4v) is 6.15. The summed E-state index contributed by atoms with van der Waals surface area (Å²) in [4.78, 5) is 0. The molecule has 1 saturated heterocycles. The van der Waals surface area contributed by atoms with Gasteiger partial charge in [-0.15, -0.1) is 11.8 Å². The fourth-order valence-electron chi connectivity index (χ4n) is 3.26. The van der Waals surface area contributed by atoms with Crippen molar-refractivity contribution in [1.29, 1.82) is 0 Å². The van der Waals surface area contributed by atoms with Gasteiger partial charge in [-0.1, -0.05) is 44.1 Å². The van der Waals surface area contributed by atoms with Crippen molar-refractivity contribution in [3.8, 4) is 0 Å². The lowest BCUT2D eigenvalue weighted by atomic mass is 9.95. The first-order chi connectivity index (χ1) is 8.42. The van der Waals surface area contributed by atoms with Crippen molar-refractivity contribution in [3.05, 3.63) is 0 Å². The van der Waals surface area contributed by atoms with Crippen LogP contribution in [0.3, 0.4) is 0 Å². The van der Waals surface area contributed by atoms with E-state index >= 15 is 0 Å². The number of hydrogen-bond acceptors (Lipinski definition) is 4. The summed E-state index contributed by atoms with van der Waals surface area (Å²) in [6.07, 6.45) is 12.8. The van der Waals surface area contributed by atoms with Crippen molar-refractivity contribution < 1.29 is 0 Å². The predicted octanol–water partition coefficient (Wildman–Crippen LogP) is 3.49. The predicted molar refractivity (Wildman–Crippen MR) is 78.2 cm³/mol. The van der Waals surface area contributed by atoms with Crippen LogP contribution in [0.1, 0.15) is 57.8 Å². The summed E-state index contributed by atoms with van der Waals surface area (Å²) in [5.41, 5.74) is 0. The van der Waals surface area contributed by atoms with Crippen LogP contribution < -0.4 is 10.0 Å². The molecule has 1 aliphatic heterocycles. The van der Waals surface area contributed by atoms with Crippen molar-refractivity contribution in [2.45, 2.75) is 79.8 Å². The summed E-state index contributed by atoms with van der Waals surface area (Å²) < 4.78 is 4.31. The molecule has 4 heteroatoms. The van der Waals surface area contributed by atoms with Gasteiger partial charge in [-0.3, -0.25) is 10.0 Å². The first kappa shape index (κ1) is 12.6. The SMILES string of the molecule is C1CCC(NSC2NC3CCCCC3S2)CC1. The third-order valence-electron chi connectivity index (χ3n) is 4.30. The molecule has 3 atom stereocenters. The topological polar surface area (TPSA) is 24.1 Å². The zero-order valence-corrected chi connectivity index (χ0v) is 12.1. The van der Waals surface area contributed by atoms with Gasteiger partial charge in [0.25, 0.3) is 0 Å². The lowest BCUT2D eigenvalue weighted by Gasteiger charge is -2.24. The van der Waals surface area contributed by atoms with Gasteiger partial charge in [-0.05, 0) is 25.7 Å². The third-order valence-corrected chi connectivity index (χ3v) is 7.04. The third kappa shape index (κ3) is 3.34. The Bertz CT molecular complexity index is 230. The van der Waals surface area contributed by atoms with E-state index in [1.54, 1.807) is 0 Å². The second kappa shape index (κ2) is 6.18. The van der Waals surface area contributed by atoms with E-state index in [-0.39, 0.29) is 0 Å². The van der Waals surface area contributed by atoms with E-state index in [2.05, 4.69) is 21.8 Å². The van der Waals surface area contributed by atoms with Crippen LogP contribution in [-0.2, 0) is 0 Å². The van der Waals surface area contributed by atoms with Gasteiger partial charge in [-0.2, -0.15) is 0 Å². The minimum absolute atomic E-state index is 0.602. The van der Waals surface area contributed by atoms with E-state index < -0.39 is 0 Å². The molecule has 1 heterocycles. The maximum absolute atomic E-state index is 3.80. The molecule has 17 heavy (non-hydrogen) atoms. The maximum Gasteiger partial charge on any atom is 0.115 e. The van der Waals surface area contributed by atoms with Crippen LogP contribution in [0, 0.1) is 0 Å². The van der Waals surface area contributed by atoms with E-state index in [0.717, 1.165) is 17.3 Å². The van der Waals surface area contributed by atoms with E-state index in [1.807, 2.05) is 11.9 Å². The summed E-state index contributed by atoms with van der Waals surface area (Å²) in [6, 6.07) is 1.58. The average molecular weight is 272 g/mol. The molecule has 0 bridgehead atoms. The smallest absolute Gasteiger partial charge is 0.115 e. The van der Waals surface area contributed by atoms with Gasteiger partial charge < -0.3 is 0 Å². The van der Waals surface area contributed by atoms with Crippen molar-refractivity contribution in [1.82, 2.24) is 10.0 Å². The van der Waals surface area contributed by atoms with Gasteiger partial charge in [0.15, 0.2) is 0 Å². The van der Waals surface area contributed by atoms with E-state index in [1.165, 1.54) is 57.8 Å². The second-order valence-corrected chi connectivity index (χ2v) is 8.22. The highest BCUT2D eigenvalue weighted by Gasteiger charge is 2.36. The van der Waals surface area contributed by atoms with Crippen molar-refractivity contribution >= 4 is 23.7 Å². The monoisotopic (exact) mass is 272 g/mol. The lowest BCUT2D eigenvalue weighted by molar-refractivity contribution is 0.412. The highest BCUT2D eigenvalue weighted by atomic mass is 32.2. The molecule has 2 nitrogen and oxygen atoms in total.